The van der Waals surface area contributed by atoms with E-state index in [1.54, 1.807) is 22.9 Å². The van der Waals surface area contributed by atoms with Gasteiger partial charge in [0, 0.05) is 7.05 Å². The number of aromatic nitrogens is 2. The Labute approximate surface area is 117 Å². The second-order valence-corrected chi connectivity index (χ2v) is 4.52. The second kappa shape index (κ2) is 5.77. The molecule has 1 aromatic carbocycles. The van der Waals surface area contributed by atoms with Crippen molar-refractivity contribution in [2.24, 2.45) is 7.05 Å². The number of nitrogens with zero attached hydrogens (tertiary/aromatic N) is 3. The zero-order valence-electron chi connectivity index (χ0n) is 10.9. The molecule has 0 saturated carbocycles. The van der Waals surface area contributed by atoms with Crippen LogP contribution in [0.1, 0.15) is 23.9 Å². The van der Waals surface area contributed by atoms with Crippen LogP contribution in [-0.4, -0.2) is 9.78 Å². The van der Waals surface area contributed by atoms with Crippen LogP contribution >= 0.6 is 11.6 Å². The van der Waals surface area contributed by atoms with Crippen LogP contribution in [0, 0.1) is 11.3 Å². The molecule has 4 nitrogen and oxygen atoms in total. The fraction of sp³-hybridized carbons (Fsp3) is 0.286. The highest BCUT2D eigenvalue weighted by atomic mass is 35.5. The summed E-state index contributed by atoms with van der Waals surface area (Å²) in [5, 5.41) is 13.8. The normalized spacial score (nSPS) is 10.2. The van der Waals surface area contributed by atoms with Gasteiger partial charge in [-0.15, -0.1) is 0 Å². The maximum atomic E-state index is 9.06. The lowest BCUT2D eigenvalue weighted by molar-refractivity contribution is 0.294. The molecule has 0 amide bonds. The third-order valence-corrected chi connectivity index (χ3v) is 3.17. The van der Waals surface area contributed by atoms with Crippen LogP contribution in [0.25, 0.3) is 0 Å². The number of rotatable bonds is 4. The van der Waals surface area contributed by atoms with Crippen molar-refractivity contribution in [2.75, 3.05) is 0 Å². The summed E-state index contributed by atoms with van der Waals surface area (Å²) in [6.45, 7) is 2.41. The van der Waals surface area contributed by atoms with Gasteiger partial charge in [0.05, 0.1) is 16.4 Å². The summed E-state index contributed by atoms with van der Waals surface area (Å²) in [4.78, 5) is 0. The van der Waals surface area contributed by atoms with E-state index in [0.29, 0.717) is 22.9 Å². The summed E-state index contributed by atoms with van der Waals surface area (Å²) in [7, 11) is 1.88. The Morgan fingerprint density at radius 2 is 2.26 bits per heavy atom. The minimum absolute atomic E-state index is 0.360. The van der Waals surface area contributed by atoms with Crippen LogP contribution in [0.15, 0.2) is 24.3 Å². The predicted octanol–water partition coefficient (Wildman–Crippen LogP) is 3.09. The minimum Gasteiger partial charge on any atom is -0.486 e. The number of ether oxygens (including phenoxy) is 1. The number of hydrogen-bond donors (Lipinski definition) is 0. The maximum Gasteiger partial charge on any atom is 0.139 e. The van der Waals surface area contributed by atoms with Crippen LogP contribution < -0.4 is 4.74 Å². The Kier molecular flexibility index (Phi) is 4.08. The lowest BCUT2D eigenvalue weighted by Gasteiger charge is -2.08. The topological polar surface area (TPSA) is 50.8 Å². The van der Waals surface area contributed by atoms with Gasteiger partial charge in [-0.3, -0.25) is 4.68 Å². The van der Waals surface area contributed by atoms with Gasteiger partial charge >= 0.3 is 0 Å². The molecule has 0 aliphatic carbocycles. The number of benzene rings is 1. The number of hydrogen-bond acceptors (Lipinski definition) is 3. The zero-order chi connectivity index (χ0) is 13.8. The Bertz CT molecular complexity index is 628. The van der Waals surface area contributed by atoms with Crippen molar-refractivity contribution in [3.05, 3.63) is 46.2 Å². The minimum atomic E-state index is 0.360. The Morgan fingerprint density at radius 1 is 1.47 bits per heavy atom. The Morgan fingerprint density at radius 3 is 2.89 bits per heavy atom. The second-order valence-electron chi connectivity index (χ2n) is 4.12. The first-order chi connectivity index (χ1) is 9.15. The van der Waals surface area contributed by atoms with Gasteiger partial charge in [-0.25, -0.2) is 0 Å². The largest absolute Gasteiger partial charge is 0.486 e. The number of aryl methyl sites for hydroxylation is 2. The zero-order valence-corrected chi connectivity index (χ0v) is 11.6. The van der Waals surface area contributed by atoms with Gasteiger partial charge in [-0.1, -0.05) is 24.6 Å². The predicted molar refractivity (Wildman–Crippen MR) is 73.1 cm³/mol. The highest BCUT2D eigenvalue weighted by molar-refractivity contribution is 6.31. The molecule has 0 N–H and O–H groups in total. The lowest BCUT2D eigenvalue weighted by atomic mass is 10.2. The van der Waals surface area contributed by atoms with Crippen LogP contribution in [0.3, 0.4) is 0 Å². The summed E-state index contributed by atoms with van der Waals surface area (Å²) >= 11 is 5.95. The van der Waals surface area contributed by atoms with Crippen molar-refractivity contribution >= 4 is 11.6 Å². The van der Waals surface area contributed by atoms with Crippen LogP contribution in [0.5, 0.6) is 5.75 Å². The average Bonchev–Trinajstić information content (AvgIpc) is 2.77. The van der Waals surface area contributed by atoms with Gasteiger partial charge in [0.1, 0.15) is 24.0 Å². The summed E-state index contributed by atoms with van der Waals surface area (Å²) in [6.07, 6.45) is 0.883. The summed E-state index contributed by atoms with van der Waals surface area (Å²) in [6, 6.07) is 9.22. The van der Waals surface area contributed by atoms with Crippen molar-refractivity contribution in [3.8, 4) is 11.8 Å². The van der Waals surface area contributed by atoms with Crippen LogP contribution in [0.2, 0.25) is 5.02 Å². The molecule has 0 bridgehead atoms. The van der Waals surface area contributed by atoms with Crippen molar-refractivity contribution < 1.29 is 4.74 Å². The third kappa shape index (κ3) is 2.88. The van der Waals surface area contributed by atoms with Crippen molar-refractivity contribution in [2.45, 2.75) is 20.0 Å². The maximum absolute atomic E-state index is 9.06. The highest BCUT2D eigenvalue weighted by Crippen LogP contribution is 2.26. The van der Waals surface area contributed by atoms with E-state index < -0.39 is 0 Å². The van der Waals surface area contributed by atoms with E-state index in [1.165, 1.54) is 0 Å². The van der Waals surface area contributed by atoms with Gasteiger partial charge in [0.25, 0.3) is 0 Å². The van der Waals surface area contributed by atoms with Crippen LogP contribution in [-0.2, 0) is 20.1 Å². The average molecular weight is 276 g/mol. The molecule has 2 aromatic rings. The first-order valence-electron chi connectivity index (χ1n) is 5.99. The van der Waals surface area contributed by atoms with Crippen LogP contribution in [0.4, 0.5) is 0 Å². The molecule has 0 aliphatic rings. The van der Waals surface area contributed by atoms with E-state index in [-0.39, 0.29) is 0 Å². The Balaban J connectivity index is 2.17. The van der Waals surface area contributed by atoms with Crippen molar-refractivity contribution in [3.63, 3.8) is 0 Å². The molecular weight excluding hydrogens is 262 g/mol. The molecular formula is C14H14ClN3O. The number of halogens is 1. The fourth-order valence-corrected chi connectivity index (χ4v) is 1.97. The monoisotopic (exact) mass is 275 g/mol. The highest BCUT2D eigenvalue weighted by Gasteiger charge is 2.09. The Hall–Kier alpha value is -1.99. The van der Waals surface area contributed by atoms with E-state index in [1.807, 2.05) is 13.1 Å². The summed E-state index contributed by atoms with van der Waals surface area (Å²) < 4.78 is 7.45. The molecule has 2 rings (SSSR count). The van der Waals surface area contributed by atoms with E-state index in [2.05, 4.69) is 18.1 Å². The molecule has 0 unspecified atom stereocenters. The molecule has 0 aliphatic heterocycles. The molecule has 0 saturated heterocycles. The molecule has 98 valence electrons. The summed E-state index contributed by atoms with van der Waals surface area (Å²) in [5.74, 6) is 0.495. The first kappa shape index (κ1) is 13.4. The molecule has 5 heteroatoms. The van der Waals surface area contributed by atoms with Gasteiger partial charge in [-0.05, 0) is 24.6 Å². The van der Waals surface area contributed by atoms with E-state index in [0.717, 1.165) is 17.8 Å². The first-order valence-corrected chi connectivity index (χ1v) is 6.36. The van der Waals surface area contributed by atoms with E-state index in [9.17, 15) is 0 Å². The van der Waals surface area contributed by atoms with Crippen molar-refractivity contribution in [1.82, 2.24) is 9.78 Å². The molecule has 0 fully saturated rings. The quantitative estimate of drug-likeness (QED) is 0.861. The van der Waals surface area contributed by atoms with E-state index in [4.69, 9.17) is 21.6 Å². The third-order valence-electron chi connectivity index (χ3n) is 2.85. The van der Waals surface area contributed by atoms with Gasteiger partial charge in [0.2, 0.25) is 0 Å². The SMILES string of the molecule is CCc1cc(COc2cccc(Cl)c2C#N)n(C)n1. The van der Waals surface area contributed by atoms with Gasteiger partial charge < -0.3 is 4.74 Å². The fourth-order valence-electron chi connectivity index (χ4n) is 1.76. The number of nitriles is 1. The molecule has 0 spiro atoms. The van der Waals surface area contributed by atoms with Gasteiger partial charge in [-0.2, -0.15) is 10.4 Å². The molecule has 1 aromatic heterocycles. The lowest BCUT2D eigenvalue weighted by Crippen LogP contribution is -2.04. The molecule has 0 atom stereocenters. The molecule has 19 heavy (non-hydrogen) atoms. The van der Waals surface area contributed by atoms with Crippen molar-refractivity contribution in [1.29, 1.82) is 5.26 Å². The standard InChI is InChI=1S/C14H14ClN3O/c1-3-10-7-11(18(2)17-10)9-19-14-6-4-5-13(15)12(14)8-16/h4-7H,3,9H2,1-2H3. The summed E-state index contributed by atoms with van der Waals surface area (Å²) in [5.41, 5.74) is 2.34. The van der Waals surface area contributed by atoms with E-state index >= 15 is 0 Å². The molecule has 0 radical (unpaired) electrons. The van der Waals surface area contributed by atoms with Gasteiger partial charge in [0.15, 0.2) is 0 Å². The smallest absolute Gasteiger partial charge is 0.139 e. The molecule has 1 heterocycles.